The maximum atomic E-state index is 11.3. The van der Waals surface area contributed by atoms with E-state index < -0.39 is 0 Å². The molecule has 1 rings (SSSR count). The van der Waals surface area contributed by atoms with Gasteiger partial charge in [-0.3, -0.25) is 9.79 Å². The number of esters is 1. The zero-order valence-electron chi connectivity index (χ0n) is 7.86. The molecule has 76 valence electrons. The Balaban J connectivity index is 2.41. The summed E-state index contributed by atoms with van der Waals surface area (Å²) in [6.07, 6.45) is 5.08. The SMILES string of the molecule is C#CCN=C1SC[C@@H](C(=O)OCC)S1. The molecular formula is C9H11NO2S2. The maximum Gasteiger partial charge on any atom is 0.320 e. The van der Waals surface area contributed by atoms with Gasteiger partial charge in [0.1, 0.15) is 16.2 Å². The van der Waals surface area contributed by atoms with Crippen molar-refractivity contribution in [2.45, 2.75) is 12.2 Å². The molecular weight excluding hydrogens is 218 g/mol. The second kappa shape index (κ2) is 5.99. The van der Waals surface area contributed by atoms with Gasteiger partial charge in [0.05, 0.1) is 6.61 Å². The number of rotatable bonds is 3. The number of terminal acetylenes is 1. The van der Waals surface area contributed by atoms with Crippen LogP contribution in [0.15, 0.2) is 4.99 Å². The Morgan fingerprint density at radius 3 is 3.29 bits per heavy atom. The first-order valence-electron chi connectivity index (χ1n) is 4.22. The van der Waals surface area contributed by atoms with Gasteiger partial charge in [-0.05, 0) is 6.92 Å². The Hall–Kier alpha value is -0.600. The van der Waals surface area contributed by atoms with Crippen LogP contribution in [0.3, 0.4) is 0 Å². The second-order valence-corrected chi connectivity index (χ2v) is 4.91. The lowest BCUT2D eigenvalue weighted by Gasteiger charge is -2.04. The molecule has 0 unspecified atom stereocenters. The summed E-state index contributed by atoms with van der Waals surface area (Å²) >= 11 is 3.00. The Morgan fingerprint density at radius 2 is 2.64 bits per heavy atom. The van der Waals surface area contributed by atoms with Crippen LogP contribution in [-0.2, 0) is 9.53 Å². The molecule has 0 N–H and O–H groups in total. The molecule has 5 heteroatoms. The number of hydrogen-bond acceptors (Lipinski definition) is 5. The van der Waals surface area contributed by atoms with Crippen LogP contribution in [0.2, 0.25) is 0 Å². The van der Waals surface area contributed by atoms with E-state index in [0.29, 0.717) is 13.2 Å². The third kappa shape index (κ3) is 3.28. The minimum Gasteiger partial charge on any atom is -0.465 e. The normalized spacial score (nSPS) is 23.4. The fourth-order valence-corrected chi connectivity index (χ4v) is 3.31. The monoisotopic (exact) mass is 229 g/mol. The van der Waals surface area contributed by atoms with Gasteiger partial charge in [-0.15, -0.1) is 6.42 Å². The van der Waals surface area contributed by atoms with E-state index >= 15 is 0 Å². The number of thioether (sulfide) groups is 2. The van der Waals surface area contributed by atoms with Crippen LogP contribution < -0.4 is 0 Å². The van der Waals surface area contributed by atoms with Gasteiger partial charge in [-0.2, -0.15) is 0 Å². The summed E-state index contributed by atoms with van der Waals surface area (Å²) < 4.78 is 5.80. The second-order valence-electron chi connectivity index (χ2n) is 2.46. The molecule has 1 aliphatic heterocycles. The highest BCUT2D eigenvalue weighted by molar-refractivity contribution is 8.42. The summed E-state index contributed by atoms with van der Waals surface area (Å²) in [7, 11) is 0. The fourth-order valence-electron chi connectivity index (χ4n) is 0.881. The van der Waals surface area contributed by atoms with Crippen molar-refractivity contribution in [3.05, 3.63) is 0 Å². The van der Waals surface area contributed by atoms with Crippen LogP contribution in [0.5, 0.6) is 0 Å². The molecule has 0 radical (unpaired) electrons. The summed E-state index contributed by atoms with van der Waals surface area (Å²) in [5, 5.41) is -0.114. The molecule has 0 spiro atoms. The van der Waals surface area contributed by atoms with Gasteiger partial charge < -0.3 is 4.74 Å². The molecule has 0 bridgehead atoms. The average molecular weight is 229 g/mol. The van der Waals surface area contributed by atoms with E-state index in [1.165, 1.54) is 11.8 Å². The van der Waals surface area contributed by atoms with E-state index in [1.807, 2.05) is 0 Å². The largest absolute Gasteiger partial charge is 0.465 e. The first-order valence-corrected chi connectivity index (χ1v) is 6.08. The number of carbonyl (C=O) groups is 1. The molecule has 1 heterocycles. The maximum absolute atomic E-state index is 11.3. The van der Waals surface area contributed by atoms with Gasteiger partial charge in [0.25, 0.3) is 0 Å². The van der Waals surface area contributed by atoms with Crippen molar-refractivity contribution >= 4 is 33.9 Å². The number of carbonyl (C=O) groups excluding carboxylic acids is 1. The third-order valence-corrected chi connectivity index (χ3v) is 4.15. The van der Waals surface area contributed by atoms with E-state index in [4.69, 9.17) is 11.2 Å². The van der Waals surface area contributed by atoms with Crippen molar-refractivity contribution in [2.24, 2.45) is 4.99 Å². The molecule has 0 aromatic heterocycles. The smallest absolute Gasteiger partial charge is 0.320 e. The minimum atomic E-state index is -0.157. The standard InChI is InChI=1S/C9H11NO2S2/c1-3-5-10-9-13-6-7(14-9)8(11)12-4-2/h1,7H,4-6H2,2H3/t7-/m0/s1. The summed E-state index contributed by atoms with van der Waals surface area (Å²) in [4.78, 5) is 15.4. The van der Waals surface area contributed by atoms with Crippen molar-refractivity contribution < 1.29 is 9.53 Å². The van der Waals surface area contributed by atoms with Crippen molar-refractivity contribution in [2.75, 3.05) is 18.9 Å². The Kier molecular flexibility index (Phi) is 4.91. The Morgan fingerprint density at radius 1 is 1.86 bits per heavy atom. The molecule has 0 amide bonds. The number of ether oxygens (including phenoxy) is 1. The molecule has 1 fully saturated rings. The van der Waals surface area contributed by atoms with Crippen LogP contribution in [-0.4, -0.2) is 34.5 Å². The lowest BCUT2D eigenvalue weighted by atomic mass is 10.5. The zero-order chi connectivity index (χ0) is 10.4. The highest BCUT2D eigenvalue weighted by Gasteiger charge is 2.29. The molecule has 0 aromatic rings. The van der Waals surface area contributed by atoms with Crippen LogP contribution in [0.1, 0.15) is 6.92 Å². The number of nitrogens with zero attached hydrogens (tertiary/aromatic N) is 1. The first-order chi connectivity index (χ1) is 6.77. The van der Waals surface area contributed by atoms with Crippen molar-refractivity contribution in [1.29, 1.82) is 0 Å². The van der Waals surface area contributed by atoms with E-state index in [0.717, 1.165) is 10.1 Å². The van der Waals surface area contributed by atoms with E-state index in [9.17, 15) is 4.79 Å². The quantitative estimate of drug-likeness (QED) is 0.541. The number of aliphatic imine (C=N–C) groups is 1. The summed E-state index contributed by atoms with van der Waals surface area (Å²) in [5.74, 6) is 3.01. The molecule has 1 atom stereocenters. The lowest BCUT2D eigenvalue weighted by Crippen LogP contribution is -2.19. The molecule has 0 aliphatic carbocycles. The van der Waals surface area contributed by atoms with E-state index in [2.05, 4.69) is 10.9 Å². The zero-order valence-corrected chi connectivity index (χ0v) is 9.49. The topological polar surface area (TPSA) is 38.7 Å². The first kappa shape index (κ1) is 11.5. The van der Waals surface area contributed by atoms with Crippen molar-refractivity contribution in [3.8, 4) is 12.3 Å². The minimum absolute atomic E-state index is 0.114. The van der Waals surface area contributed by atoms with Crippen molar-refractivity contribution in [1.82, 2.24) is 0 Å². The van der Waals surface area contributed by atoms with Crippen molar-refractivity contribution in [3.63, 3.8) is 0 Å². The molecule has 1 aliphatic rings. The number of hydrogen-bond donors (Lipinski definition) is 0. The lowest BCUT2D eigenvalue weighted by molar-refractivity contribution is -0.141. The van der Waals surface area contributed by atoms with Gasteiger partial charge >= 0.3 is 5.97 Å². The Bertz CT molecular complexity index is 283. The van der Waals surface area contributed by atoms with Crippen LogP contribution in [0.4, 0.5) is 0 Å². The van der Waals surface area contributed by atoms with E-state index in [-0.39, 0.29) is 11.2 Å². The molecule has 0 aromatic carbocycles. The molecule has 1 saturated heterocycles. The fraction of sp³-hybridized carbons (Fsp3) is 0.556. The third-order valence-electron chi connectivity index (χ3n) is 1.45. The molecule has 0 saturated carbocycles. The molecule has 3 nitrogen and oxygen atoms in total. The highest BCUT2D eigenvalue weighted by atomic mass is 32.2. The average Bonchev–Trinajstić information content (AvgIpc) is 2.63. The van der Waals surface area contributed by atoms with Crippen LogP contribution in [0.25, 0.3) is 0 Å². The summed E-state index contributed by atoms with van der Waals surface area (Å²) in [5.41, 5.74) is 0. The predicted octanol–water partition coefficient (Wildman–Crippen LogP) is 1.39. The van der Waals surface area contributed by atoms with Gasteiger partial charge in [0.15, 0.2) is 0 Å². The Labute approximate surface area is 92.1 Å². The van der Waals surface area contributed by atoms with Crippen LogP contribution >= 0.6 is 23.5 Å². The molecule has 14 heavy (non-hydrogen) atoms. The highest BCUT2D eigenvalue weighted by Crippen LogP contribution is 2.33. The predicted molar refractivity (Wildman–Crippen MR) is 61.6 cm³/mol. The summed E-state index contributed by atoms with van der Waals surface area (Å²) in [6, 6.07) is 0. The summed E-state index contributed by atoms with van der Waals surface area (Å²) in [6.45, 7) is 2.61. The van der Waals surface area contributed by atoms with Gasteiger partial charge in [-0.25, -0.2) is 0 Å². The van der Waals surface area contributed by atoms with Gasteiger partial charge in [0.2, 0.25) is 0 Å². The van der Waals surface area contributed by atoms with Gasteiger partial charge in [-0.1, -0.05) is 29.4 Å². The van der Waals surface area contributed by atoms with Gasteiger partial charge in [0, 0.05) is 5.75 Å². The van der Waals surface area contributed by atoms with Crippen LogP contribution in [0, 0.1) is 12.3 Å². The van der Waals surface area contributed by atoms with E-state index in [1.54, 1.807) is 18.7 Å².